The quantitative estimate of drug-likeness (QED) is 0.865. The van der Waals surface area contributed by atoms with Gasteiger partial charge in [-0.3, -0.25) is 0 Å². The van der Waals surface area contributed by atoms with Gasteiger partial charge in [0.2, 0.25) is 0 Å². The molecule has 1 unspecified atom stereocenters. The highest BCUT2D eigenvalue weighted by atomic mass is 79.9. The van der Waals surface area contributed by atoms with Crippen molar-refractivity contribution in [1.82, 2.24) is 4.72 Å². The lowest BCUT2D eigenvalue weighted by molar-refractivity contribution is 0.586. The van der Waals surface area contributed by atoms with Crippen molar-refractivity contribution in [2.75, 3.05) is 6.26 Å². The van der Waals surface area contributed by atoms with Crippen molar-refractivity contribution in [2.24, 2.45) is 0 Å². The van der Waals surface area contributed by atoms with Gasteiger partial charge in [-0.15, -0.1) is 4.72 Å². The lowest BCUT2D eigenvalue weighted by atomic mass is 10.2. The van der Waals surface area contributed by atoms with E-state index in [1.165, 1.54) is 0 Å². The predicted molar refractivity (Wildman–Crippen MR) is 60.1 cm³/mol. The topological polar surface area (TPSA) is 35.1 Å². The smallest absolute Gasteiger partial charge is 0.115 e. The Hall–Kier alpha value is 0.260. The molecule has 0 amide bonds. The van der Waals surface area contributed by atoms with Crippen LogP contribution in [0.3, 0.4) is 0 Å². The molecule has 0 saturated carbocycles. The molecule has 5 heteroatoms. The Bertz CT molecular complexity index is 275. The van der Waals surface area contributed by atoms with Crippen LogP contribution in [-0.2, 0) is 17.9 Å². The molecular formula is C8H9BrClNOS. The normalized spacial score (nSPS) is 12.9. The van der Waals surface area contributed by atoms with E-state index in [1.54, 1.807) is 6.26 Å². The fourth-order valence-corrected chi connectivity index (χ4v) is 2.20. The second kappa shape index (κ2) is 5.22. The predicted octanol–water partition coefficient (Wildman–Crippen LogP) is 2.49. The van der Waals surface area contributed by atoms with Crippen molar-refractivity contribution >= 4 is 38.9 Å². The molecule has 0 spiro atoms. The zero-order chi connectivity index (χ0) is 9.84. The Morgan fingerprint density at radius 1 is 1.54 bits per heavy atom. The van der Waals surface area contributed by atoms with E-state index >= 15 is 0 Å². The maximum Gasteiger partial charge on any atom is 0.115 e. The van der Waals surface area contributed by atoms with Crippen molar-refractivity contribution in [3.05, 3.63) is 33.3 Å². The number of rotatable bonds is 3. The molecule has 0 fully saturated rings. The van der Waals surface area contributed by atoms with Gasteiger partial charge in [0.1, 0.15) is 6.26 Å². The minimum Gasteiger partial charge on any atom is -0.598 e. The van der Waals surface area contributed by atoms with Crippen molar-refractivity contribution in [3.63, 3.8) is 0 Å². The highest BCUT2D eigenvalue weighted by molar-refractivity contribution is 9.10. The van der Waals surface area contributed by atoms with Crippen LogP contribution >= 0.6 is 27.5 Å². The Labute approximate surface area is 94.1 Å². The van der Waals surface area contributed by atoms with Gasteiger partial charge in [0.15, 0.2) is 0 Å². The molecule has 0 aliphatic rings. The van der Waals surface area contributed by atoms with Crippen molar-refractivity contribution < 1.29 is 4.55 Å². The summed E-state index contributed by atoms with van der Waals surface area (Å²) in [5, 5.41) is 0.674. The fraction of sp³-hybridized carbons (Fsp3) is 0.250. The summed E-state index contributed by atoms with van der Waals surface area (Å²) < 4.78 is 14.5. The summed E-state index contributed by atoms with van der Waals surface area (Å²) >= 11 is 8.18. The highest BCUT2D eigenvalue weighted by Crippen LogP contribution is 2.19. The Morgan fingerprint density at radius 3 is 2.77 bits per heavy atom. The van der Waals surface area contributed by atoms with Gasteiger partial charge in [-0.1, -0.05) is 27.5 Å². The van der Waals surface area contributed by atoms with Crippen molar-refractivity contribution in [1.29, 1.82) is 0 Å². The minimum absolute atomic E-state index is 0.558. The zero-order valence-corrected chi connectivity index (χ0v) is 10.2. The van der Waals surface area contributed by atoms with E-state index < -0.39 is 11.4 Å². The summed E-state index contributed by atoms with van der Waals surface area (Å²) in [7, 11) is 0. The molecule has 2 nitrogen and oxygen atoms in total. The van der Waals surface area contributed by atoms with Crippen molar-refractivity contribution in [3.8, 4) is 0 Å². The van der Waals surface area contributed by atoms with Gasteiger partial charge in [0.25, 0.3) is 0 Å². The monoisotopic (exact) mass is 281 g/mol. The molecule has 13 heavy (non-hydrogen) atoms. The van der Waals surface area contributed by atoms with E-state index in [9.17, 15) is 4.55 Å². The Balaban J connectivity index is 2.66. The fourth-order valence-electron chi connectivity index (χ4n) is 0.898. The molecule has 0 aliphatic carbocycles. The van der Waals surface area contributed by atoms with Crippen molar-refractivity contribution in [2.45, 2.75) is 6.54 Å². The maximum atomic E-state index is 10.7. The van der Waals surface area contributed by atoms with Crippen LogP contribution in [0.5, 0.6) is 0 Å². The first kappa shape index (κ1) is 11.3. The number of benzene rings is 1. The third-order valence-electron chi connectivity index (χ3n) is 1.40. The largest absolute Gasteiger partial charge is 0.598 e. The average Bonchev–Trinajstić information content (AvgIpc) is 1.99. The molecule has 72 valence electrons. The summed E-state index contributed by atoms with van der Waals surface area (Å²) in [5.74, 6) is 0. The molecule has 0 bridgehead atoms. The van der Waals surface area contributed by atoms with E-state index in [1.807, 2.05) is 18.2 Å². The van der Waals surface area contributed by atoms with E-state index in [0.29, 0.717) is 11.6 Å². The molecule has 1 aromatic rings. The maximum absolute atomic E-state index is 10.7. The first-order valence-corrected chi connectivity index (χ1v) is 6.33. The molecule has 0 saturated heterocycles. The average molecular weight is 283 g/mol. The van der Waals surface area contributed by atoms with Crippen LogP contribution in [0, 0.1) is 0 Å². The van der Waals surface area contributed by atoms with Gasteiger partial charge >= 0.3 is 0 Å². The number of hydrogen-bond donors (Lipinski definition) is 1. The van der Waals surface area contributed by atoms with Crippen LogP contribution < -0.4 is 4.72 Å². The van der Waals surface area contributed by atoms with Gasteiger partial charge in [0.05, 0.1) is 6.54 Å². The summed E-state index contributed by atoms with van der Waals surface area (Å²) in [6.07, 6.45) is 1.60. The van der Waals surface area contributed by atoms with E-state index in [2.05, 4.69) is 20.7 Å². The zero-order valence-electron chi connectivity index (χ0n) is 7.01. The summed E-state index contributed by atoms with van der Waals surface area (Å²) in [4.78, 5) is 0. The Morgan fingerprint density at radius 2 is 2.23 bits per heavy atom. The van der Waals surface area contributed by atoms with Gasteiger partial charge in [-0.05, 0) is 23.8 Å². The summed E-state index contributed by atoms with van der Waals surface area (Å²) in [6.45, 7) is 0.558. The van der Waals surface area contributed by atoms with Crippen LogP contribution in [0.1, 0.15) is 5.56 Å². The molecule has 1 atom stereocenters. The molecule has 0 aliphatic heterocycles. The van der Waals surface area contributed by atoms with E-state index in [-0.39, 0.29) is 0 Å². The molecule has 1 aromatic carbocycles. The summed E-state index contributed by atoms with van der Waals surface area (Å²) in [6, 6.07) is 5.59. The highest BCUT2D eigenvalue weighted by Gasteiger charge is 2.00. The Kier molecular flexibility index (Phi) is 4.55. The van der Waals surface area contributed by atoms with Gasteiger partial charge in [-0.2, -0.15) is 0 Å². The van der Waals surface area contributed by atoms with Gasteiger partial charge in [0, 0.05) is 20.9 Å². The summed E-state index contributed by atoms with van der Waals surface area (Å²) in [5.41, 5.74) is 1.01. The molecule has 1 N–H and O–H groups in total. The third-order valence-corrected chi connectivity index (χ3v) is 2.63. The molecule has 1 rings (SSSR count). The molecule has 0 heterocycles. The number of nitrogens with one attached hydrogen (secondary N) is 1. The first-order valence-electron chi connectivity index (χ1n) is 3.60. The second-order valence-corrected chi connectivity index (χ2v) is 5.10. The molecular weight excluding hydrogens is 274 g/mol. The standard InChI is InChI=1S/C8H9BrClNOS/c1-13(12)11-5-6-2-7(9)4-8(10)3-6/h2-4,11H,5H2,1H3. The molecule has 0 radical (unpaired) electrons. The van der Waals surface area contributed by atoms with Crippen LogP contribution in [0.15, 0.2) is 22.7 Å². The van der Waals surface area contributed by atoms with E-state index in [4.69, 9.17) is 11.6 Å². The SMILES string of the molecule is C[S+]([O-])NCc1cc(Cl)cc(Br)c1. The second-order valence-electron chi connectivity index (χ2n) is 2.55. The van der Waals surface area contributed by atoms with Crippen LogP contribution in [0.25, 0.3) is 0 Å². The molecule has 0 aromatic heterocycles. The van der Waals surface area contributed by atoms with Gasteiger partial charge in [-0.25, -0.2) is 0 Å². The van der Waals surface area contributed by atoms with E-state index in [0.717, 1.165) is 10.0 Å². The number of hydrogen-bond acceptors (Lipinski definition) is 2. The van der Waals surface area contributed by atoms with Crippen LogP contribution in [0.2, 0.25) is 5.02 Å². The van der Waals surface area contributed by atoms with Crippen LogP contribution in [-0.4, -0.2) is 10.8 Å². The first-order chi connectivity index (χ1) is 6.08. The lowest BCUT2D eigenvalue weighted by Gasteiger charge is -2.06. The van der Waals surface area contributed by atoms with Crippen LogP contribution in [0.4, 0.5) is 0 Å². The third kappa shape index (κ3) is 4.33. The number of halogens is 2. The van der Waals surface area contributed by atoms with Gasteiger partial charge < -0.3 is 4.55 Å². The lowest BCUT2D eigenvalue weighted by Crippen LogP contribution is -2.21. The minimum atomic E-state index is -0.988.